The number of aryl methyl sites for hydroxylation is 1. The smallest absolute Gasteiger partial charge is 0.281 e. The van der Waals surface area contributed by atoms with Crippen LogP contribution in [0.25, 0.3) is 0 Å². The molecule has 1 aromatic heterocycles. The van der Waals surface area contributed by atoms with E-state index < -0.39 is 27.1 Å². The van der Waals surface area contributed by atoms with Gasteiger partial charge < -0.3 is 5.32 Å². The summed E-state index contributed by atoms with van der Waals surface area (Å²) in [5.74, 6) is -0.723. The third-order valence-corrected chi connectivity index (χ3v) is 3.54. The van der Waals surface area contributed by atoms with Crippen molar-refractivity contribution in [3.8, 4) is 0 Å². The second-order valence-corrected chi connectivity index (χ2v) is 5.20. The SMILES string of the molecule is CCn1cc(Cl)c(C(=O)Nc2cc([N+](=O)[O-])c(C)c([N+](=O)[O-])c2)n1. The highest BCUT2D eigenvalue weighted by Crippen LogP contribution is 2.32. The monoisotopic (exact) mass is 353 g/mol. The average Bonchev–Trinajstić information content (AvgIpc) is 2.89. The van der Waals surface area contributed by atoms with Gasteiger partial charge in [-0.3, -0.25) is 29.7 Å². The van der Waals surface area contributed by atoms with Crippen LogP contribution in [0.1, 0.15) is 23.0 Å². The maximum Gasteiger partial charge on any atom is 0.281 e. The maximum atomic E-state index is 12.2. The van der Waals surface area contributed by atoms with Crippen molar-refractivity contribution in [2.45, 2.75) is 20.4 Å². The van der Waals surface area contributed by atoms with Gasteiger partial charge in [0.25, 0.3) is 17.3 Å². The zero-order chi connectivity index (χ0) is 18.0. The third kappa shape index (κ3) is 3.33. The summed E-state index contributed by atoms with van der Waals surface area (Å²) in [6.45, 7) is 3.56. The van der Waals surface area contributed by atoms with Crippen molar-refractivity contribution in [1.29, 1.82) is 0 Å². The second kappa shape index (κ2) is 6.62. The third-order valence-electron chi connectivity index (χ3n) is 3.26. The van der Waals surface area contributed by atoms with E-state index in [9.17, 15) is 25.0 Å². The van der Waals surface area contributed by atoms with E-state index in [0.717, 1.165) is 12.1 Å². The highest BCUT2D eigenvalue weighted by Gasteiger charge is 2.24. The molecule has 10 nitrogen and oxygen atoms in total. The lowest BCUT2D eigenvalue weighted by Gasteiger charge is -2.06. The van der Waals surface area contributed by atoms with Gasteiger partial charge in [-0.15, -0.1) is 0 Å². The van der Waals surface area contributed by atoms with Gasteiger partial charge in [0, 0.05) is 24.9 Å². The predicted molar refractivity (Wildman–Crippen MR) is 85.4 cm³/mol. The van der Waals surface area contributed by atoms with Crippen LogP contribution >= 0.6 is 11.6 Å². The summed E-state index contributed by atoms with van der Waals surface area (Å²) in [6, 6.07) is 2.09. The van der Waals surface area contributed by atoms with Crippen molar-refractivity contribution in [1.82, 2.24) is 9.78 Å². The Morgan fingerprint density at radius 1 is 1.29 bits per heavy atom. The lowest BCUT2D eigenvalue weighted by molar-refractivity contribution is -0.395. The Kier molecular flexibility index (Phi) is 4.79. The Morgan fingerprint density at radius 3 is 2.25 bits per heavy atom. The number of anilines is 1. The molecule has 0 atom stereocenters. The quantitative estimate of drug-likeness (QED) is 0.648. The van der Waals surface area contributed by atoms with Gasteiger partial charge in [0.2, 0.25) is 0 Å². The van der Waals surface area contributed by atoms with Crippen LogP contribution in [0, 0.1) is 27.2 Å². The fraction of sp³-hybridized carbons (Fsp3) is 0.231. The first-order chi connectivity index (χ1) is 11.2. The molecule has 0 spiro atoms. The topological polar surface area (TPSA) is 133 Å². The largest absolute Gasteiger partial charge is 0.320 e. The molecule has 126 valence electrons. The summed E-state index contributed by atoms with van der Waals surface area (Å²) in [7, 11) is 0. The van der Waals surface area contributed by atoms with E-state index in [1.165, 1.54) is 17.8 Å². The van der Waals surface area contributed by atoms with Gasteiger partial charge in [0.1, 0.15) is 5.56 Å². The van der Waals surface area contributed by atoms with E-state index in [-0.39, 0.29) is 22.0 Å². The van der Waals surface area contributed by atoms with E-state index in [0.29, 0.717) is 6.54 Å². The fourth-order valence-corrected chi connectivity index (χ4v) is 2.27. The van der Waals surface area contributed by atoms with Crippen LogP contribution in [0.15, 0.2) is 18.3 Å². The van der Waals surface area contributed by atoms with Crippen LogP contribution in [-0.4, -0.2) is 25.5 Å². The molecule has 2 aromatic rings. The Labute approximate surface area is 140 Å². The zero-order valence-electron chi connectivity index (χ0n) is 12.6. The summed E-state index contributed by atoms with van der Waals surface area (Å²) in [5.41, 5.74) is -1.21. The van der Waals surface area contributed by atoms with Gasteiger partial charge in [-0.2, -0.15) is 5.10 Å². The van der Waals surface area contributed by atoms with Crippen LogP contribution in [-0.2, 0) is 6.54 Å². The summed E-state index contributed by atoms with van der Waals surface area (Å²) in [4.78, 5) is 32.8. The number of rotatable bonds is 5. The zero-order valence-corrected chi connectivity index (χ0v) is 13.4. The number of carbonyl (C=O) groups excluding carboxylic acids is 1. The van der Waals surface area contributed by atoms with E-state index >= 15 is 0 Å². The number of aromatic nitrogens is 2. The average molecular weight is 354 g/mol. The molecular formula is C13H12ClN5O5. The van der Waals surface area contributed by atoms with Crippen molar-refractivity contribution in [3.05, 3.63) is 54.8 Å². The minimum atomic E-state index is -0.753. The van der Waals surface area contributed by atoms with E-state index in [2.05, 4.69) is 10.4 Å². The Bertz CT molecular complexity index is 812. The molecule has 1 amide bonds. The lowest BCUT2D eigenvalue weighted by Crippen LogP contribution is -2.14. The molecule has 24 heavy (non-hydrogen) atoms. The first-order valence-corrected chi connectivity index (χ1v) is 7.10. The van der Waals surface area contributed by atoms with Gasteiger partial charge in [0.05, 0.1) is 20.6 Å². The number of amides is 1. The lowest BCUT2D eigenvalue weighted by atomic mass is 10.1. The molecular weight excluding hydrogens is 342 g/mol. The normalized spacial score (nSPS) is 10.5. The number of nitro benzene ring substituents is 2. The minimum Gasteiger partial charge on any atom is -0.320 e. The summed E-state index contributed by atoms with van der Waals surface area (Å²) >= 11 is 5.91. The molecule has 1 aromatic carbocycles. The van der Waals surface area contributed by atoms with Crippen molar-refractivity contribution < 1.29 is 14.6 Å². The van der Waals surface area contributed by atoms with Crippen molar-refractivity contribution in [3.63, 3.8) is 0 Å². The van der Waals surface area contributed by atoms with Crippen molar-refractivity contribution >= 4 is 34.6 Å². The van der Waals surface area contributed by atoms with Crippen molar-refractivity contribution in [2.75, 3.05) is 5.32 Å². The summed E-state index contributed by atoms with van der Waals surface area (Å²) in [5, 5.41) is 28.5. The number of nitrogens with zero attached hydrogens (tertiary/aromatic N) is 4. The molecule has 2 rings (SSSR count). The number of nitrogens with one attached hydrogen (secondary N) is 1. The standard InChI is InChI=1S/C13H12ClN5O5/c1-3-17-6-9(14)12(16-17)13(20)15-8-4-10(18(21)22)7(2)11(5-8)19(23)24/h4-6H,3H2,1-2H3,(H,15,20). The van der Waals surface area contributed by atoms with Crippen LogP contribution in [0.3, 0.4) is 0 Å². The molecule has 11 heteroatoms. The van der Waals surface area contributed by atoms with E-state index in [1.54, 1.807) is 6.92 Å². The molecule has 0 aliphatic rings. The fourth-order valence-electron chi connectivity index (χ4n) is 2.04. The van der Waals surface area contributed by atoms with E-state index in [1.807, 2.05) is 0 Å². The number of hydrogen-bond donors (Lipinski definition) is 1. The number of halogens is 1. The van der Waals surface area contributed by atoms with Crippen LogP contribution in [0.4, 0.5) is 17.1 Å². The van der Waals surface area contributed by atoms with Gasteiger partial charge in [0.15, 0.2) is 5.69 Å². The van der Waals surface area contributed by atoms with Gasteiger partial charge in [-0.25, -0.2) is 0 Å². The maximum absolute atomic E-state index is 12.2. The highest BCUT2D eigenvalue weighted by atomic mass is 35.5. The molecule has 0 bridgehead atoms. The van der Waals surface area contributed by atoms with Crippen molar-refractivity contribution in [2.24, 2.45) is 0 Å². The van der Waals surface area contributed by atoms with Crippen LogP contribution < -0.4 is 5.32 Å². The molecule has 0 aliphatic heterocycles. The Balaban J connectivity index is 2.41. The van der Waals surface area contributed by atoms with Crippen LogP contribution in [0.2, 0.25) is 5.02 Å². The first-order valence-electron chi connectivity index (χ1n) is 6.72. The van der Waals surface area contributed by atoms with Crippen LogP contribution in [0.5, 0.6) is 0 Å². The van der Waals surface area contributed by atoms with Gasteiger partial charge in [-0.05, 0) is 13.8 Å². The minimum absolute atomic E-state index is 0.0793. The molecule has 0 unspecified atom stereocenters. The number of benzene rings is 1. The summed E-state index contributed by atoms with van der Waals surface area (Å²) < 4.78 is 1.44. The molecule has 0 aliphatic carbocycles. The number of nitro groups is 2. The number of carbonyl (C=O) groups is 1. The van der Waals surface area contributed by atoms with E-state index in [4.69, 9.17) is 11.6 Å². The highest BCUT2D eigenvalue weighted by molar-refractivity contribution is 6.34. The van der Waals surface area contributed by atoms with Gasteiger partial charge in [-0.1, -0.05) is 11.6 Å². The predicted octanol–water partition coefficient (Wildman–Crippen LogP) is 2.93. The first kappa shape index (κ1) is 17.3. The number of hydrogen-bond acceptors (Lipinski definition) is 6. The molecule has 0 saturated heterocycles. The Hall–Kier alpha value is -3.01. The second-order valence-electron chi connectivity index (χ2n) is 4.79. The summed E-state index contributed by atoms with van der Waals surface area (Å²) in [6.07, 6.45) is 1.45. The Morgan fingerprint density at radius 2 is 1.83 bits per heavy atom. The molecule has 1 heterocycles. The molecule has 0 saturated carbocycles. The molecule has 0 radical (unpaired) electrons. The van der Waals surface area contributed by atoms with Gasteiger partial charge >= 0.3 is 0 Å². The molecule has 0 fully saturated rings. The molecule has 1 N–H and O–H groups in total.